The lowest BCUT2D eigenvalue weighted by Crippen LogP contribution is -2.25. The molecule has 0 aliphatic carbocycles. The second kappa shape index (κ2) is 7.62. The van der Waals surface area contributed by atoms with Crippen molar-refractivity contribution in [3.8, 4) is 0 Å². The molecule has 1 unspecified atom stereocenters. The van der Waals surface area contributed by atoms with Crippen LogP contribution in [0.3, 0.4) is 0 Å². The Kier molecular flexibility index (Phi) is 6.48. The number of aliphatic hydroxyl groups is 1. The Morgan fingerprint density at radius 2 is 1.89 bits per heavy atom. The van der Waals surface area contributed by atoms with Crippen molar-refractivity contribution in [2.75, 3.05) is 6.54 Å². The molecule has 1 aromatic carbocycles. The van der Waals surface area contributed by atoms with Crippen LogP contribution in [0.1, 0.15) is 38.7 Å². The van der Waals surface area contributed by atoms with E-state index in [1.54, 1.807) is 19.1 Å². The van der Waals surface area contributed by atoms with Crippen molar-refractivity contribution in [2.45, 2.75) is 50.5 Å². The number of aryl methyl sites for hydroxylation is 1. The Labute approximate surface area is 115 Å². The molecule has 0 aromatic heterocycles. The molecule has 0 fully saturated rings. The Morgan fingerprint density at radius 1 is 1.26 bits per heavy atom. The summed E-state index contributed by atoms with van der Waals surface area (Å²) in [5.74, 6) is 0. The van der Waals surface area contributed by atoms with E-state index in [-0.39, 0.29) is 0 Å². The molecule has 0 aliphatic heterocycles. The highest BCUT2D eigenvalue weighted by Crippen LogP contribution is 2.11. The van der Waals surface area contributed by atoms with Crippen LogP contribution in [0.15, 0.2) is 29.2 Å². The summed E-state index contributed by atoms with van der Waals surface area (Å²) >= 11 is 0. The van der Waals surface area contributed by atoms with Crippen molar-refractivity contribution >= 4 is 10.0 Å². The van der Waals surface area contributed by atoms with Gasteiger partial charge >= 0.3 is 0 Å². The van der Waals surface area contributed by atoms with E-state index < -0.39 is 16.1 Å². The zero-order chi connectivity index (χ0) is 14.3. The minimum Gasteiger partial charge on any atom is -0.393 e. The molecule has 19 heavy (non-hydrogen) atoms. The van der Waals surface area contributed by atoms with E-state index >= 15 is 0 Å². The van der Waals surface area contributed by atoms with E-state index in [1.165, 1.54) is 0 Å². The van der Waals surface area contributed by atoms with E-state index in [0.717, 1.165) is 18.4 Å². The van der Waals surface area contributed by atoms with Crippen molar-refractivity contribution in [2.24, 2.45) is 0 Å². The van der Waals surface area contributed by atoms with Gasteiger partial charge in [-0.15, -0.1) is 0 Å². The molecule has 1 rings (SSSR count). The number of hydrogen-bond donors (Lipinski definition) is 2. The van der Waals surface area contributed by atoms with Gasteiger partial charge in [-0.1, -0.05) is 25.5 Å². The fourth-order valence-electron chi connectivity index (χ4n) is 1.81. The van der Waals surface area contributed by atoms with Gasteiger partial charge in [0, 0.05) is 6.54 Å². The minimum absolute atomic E-state index is 0.296. The van der Waals surface area contributed by atoms with Crippen molar-refractivity contribution < 1.29 is 13.5 Å². The molecular formula is C14H23NO3S. The van der Waals surface area contributed by atoms with Crippen molar-refractivity contribution in [3.63, 3.8) is 0 Å². The van der Waals surface area contributed by atoms with Crippen LogP contribution in [-0.2, 0) is 16.4 Å². The van der Waals surface area contributed by atoms with Gasteiger partial charge in [0.25, 0.3) is 0 Å². The van der Waals surface area contributed by atoms with Gasteiger partial charge in [0.2, 0.25) is 10.0 Å². The Morgan fingerprint density at radius 3 is 2.42 bits per heavy atom. The van der Waals surface area contributed by atoms with Crippen LogP contribution in [0, 0.1) is 0 Å². The predicted octanol–water partition coefficient (Wildman–Crippen LogP) is 2.08. The Hall–Kier alpha value is -0.910. The number of nitrogens with one attached hydrogen (secondary N) is 1. The molecule has 2 N–H and O–H groups in total. The fourth-order valence-corrected chi connectivity index (χ4v) is 2.89. The number of rotatable bonds is 8. The van der Waals surface area contributed by atoms with Gasteiger partial charge in [-0.25, -0.2) is 13.1 Å². The largest absolute Gasteiger partial charge is 0.393 e. The van der Waals surface area contributed by atoms with E-state index in [9.17, 15) is 8.42 Å². The predicted molar refractivity (Wildman–Crippen MR) is 76.5 cm³/mol. The summed E-state index contributed by atoms with van der Waals surface area (Å²) in [5.41, 5.74) is 1.15. The Balaban J connectivity index is 2.56. The van der Waals surface area contributed by atoms with E-state index in [1.807, 2.05) is 12.1 Å². The molecule has 0 radical (unpaired) electrons. The molecule has 0 saturated heterocycles. The maximum Gasteiger partial charge on any atom is 0.240 e. The second-order valence-corrected chi connectivity index (χ2v) is 6.55. The summed E-state index contributed by atoms with van der Waals surface area (Å²) in [4.78, 5) is 0.296. The van der Waals surface area contributed by atoms with Crippen LogP contribution < -0.4 is 4.72 Å². The maximum atomic E-state index is 12.0. The summed E-state index contributed by atoms with van der Waals surface area (Å²) in [7, 11) is -3.42. The van der Waals surface area contributed by atoms with Gasteiger partial charge in [-0.05, 0) is 43.9 Å². The van der Waals surface area contributed by atoms with Gasteiger partial charge in [0.15, 0.2) is 0 Å². The number of hydrogen-bond acceptors (Lipinski definition) is 3. The third-order valence-corrected chi connectivity index (χ3v) is 4.34. The highest BCUT2D eigenvalue weighted by atomic mass is 32.2. The first-order chi connectivity index (χ1) is 8.95. The average molecular weight is 285 g/mol. The molecule has 1 atom stereocenters. The van der Waals surface area contributed by atoms with Crippen molar-refractivity contribution in [3.05, 3.63) is 29.8 Å². The standard InChI is InChI=1S/C14H23NO3S/c1-3-5-13-7-9-14(10-8-13)19(17,18)15-11-4-6-12(2)16/h7-10,12,15-16H,3-6,11H2,1-2H3. The van der Waals surface area contributed by atoms with Crippen molar-refractivity contribution in [1.29, 1.82) is 0 Å². The molecular weight excluding hydrogens is 262 g/mol. The number of sulfonamides is 1. The molecule has 0 heterocycles. The summed E-state index contributed by atoms with van der Waals surface area (Å²) in [5, 5.41) is 9.10. The minimum atomic E-state index is -3.42. The first-order valence-corrected chi connectivity index (χ1v) is 8.20. The lowest BCUT2D eigenvalue weighted by molar-refractivity contribution is 0.182. The third-order valence-electron chi connectivity index (χ3n) is 2.86. The monoisotopic (exact) mass is 285 g/mol. The Bertz CT molecular complexity index is 466. The SMILES string of the molecule is CCCc1ccc(S(=O)(=O)NCCCC(C)O)cc1. The molecule has 0 saturated carbocycles. The van der Waals surface area contributed by atoms with E-state index in [4.69, 9.17) is 5.11 Å². The molecule has 0 spiro atoms. The highest BCUT2D eigenvalue weighted by Gasteiger charge is 2.12. The van der Waals surface area contributed by atoms with Crippen LogP contribution in [0.25, 0.3) is 0 Å². The summed E-state index contributed by atoms with van der Waals surface area (Å²) in [6.45, 7) is 4.14. The number of aliphatic hydroxyl groups excluding tert-OH is 1. The average Bonchev–Trinajstić information content (AvgIpc) is 2.36. The molecule has 0 aliphatic rings. The lowest BCUT2D eigenvalue weighted by atomic mass is 10.1. The van der Waals surface area contributed by atoms with Crippen molar-refractivity contribution in [1.82, 2.24) is 4.72 Å². The van der Waals surface area contributed by atoms with Crippen LogP contribution in [0.5, 0.6) is 0 Å². The second-order valence-electron chi connectivity index (χ2n) is 4.78. The lowest BCUT2D eigenvalue weighted by Gasteiger charge is -2.08. The first-order valence-electron chi connectivity index (χ1n) is 6.72. The van der Waals surface area contributed by atoms with Crippen LogP contribution in [-0.4, -0.2) is 26.2 Å². The summed E-state index contributed by atoms with van der Waals surface area (Å²) in [6.07, 6.45) is 2.84. The van der Waals surface area contributed by atoms with Crippen LogP contribution in [0.4, 0.5) is 0 Å². The molecule has 0 amide bonds. The summed E-state index contributed by atoms with van der Waals surface area (Å²) < 4.78 is 26.5. The summed E-state index contributed by atoms with van der Waals surface area (Å²) in [6, 6.07) is 6.99. The molecule has 1 aromatic rings. The van der Waals surface area contributed by atoms with Gasteiger partial charge in [-0.3, -0.25) is 0 Å². The van der Waals surface area contributed by atoms with Crippen LogP contribution >= 0.6 is 0 Å². The molecule has 108 valence electrons. The quantitative estimate of drug-likeness (QED) is 0.719. The van der Waals surface area contributed by atoms with E-state index in [0.29, 0.717) is 24.3 Å². The normalized spacial score (nSPS) is 13.4. The zero-order valence-corrected chi connectivity index (χ0v) is 12.4. The zero-order valence-electron chi connectivity index (χ0n) is 11.6. The van der Waals surface area contributed by atoms with Gasteiger partial charge < -0.3 is 5.11 Å². The van der Waals surface area contributed by atoms with Crippen LogP contribution in [0.2, 0.25) is 0 Å². The highest BCUT2D eigenvalue weighted by molar-refractivity contribution is 7.89. The van der Waals surface area contributed by atoms with Gasteiger partial charge in [-0.2, -0.15) is 0 Å². The van der Waals surface area contributed by atoms with Gasteiger partial charge in [0.05, 0.1) is 11.0 Å². The molecule has 4 nitrogen and oxygen atoms in total. The van der Waals surface area contributed by atoms with Gasteiger partial charge in [0.1, 0.15) is 0 Å². The molecule has 0 bridgehead atoms. The number of benzene rings is 1. The topological polar surface area (TPSA) is 66.4 Å². The molecule has 5 heteroatoms. The first kappa shape index (κ1) is 16.1. The fraction of sp³-hybridized carbons (Fsp3) is 0.571. The van der Waals surface area contributed by atoms with E-state index in [2.05, 4.69) is 11.6 Å². The third kappa shape index (κ3) is 5.72. The smallest absolute Gasteiger partial charge is 0.240 e. The maximum absolute atomic E-state index is 12.0.